The lowest BCUT2D eigenvalue weighted by Gasteiger charge is -2.20. The van der Waals surface area contributed by atoms with Crippen LogP contribution in [0.3, 0.4) is 0 Å². The molecule has 2 nitrogen and oxygen atoms in total. The third-order valence-electron chi connectivity index (χ3n) is 2.14. The quantitative estimate of drug-likeness (QED) is 0.816. The number of benzene rings is 1. The van der Waals surface area contributed by atoms with E-state index in [9.17, 15) is 4.39 Å². The predicted octanol–water partition coefficient (Wildman–Crippen LogP) is 3.64. The van der Waals surface area contributed by atoms with Crippen LogP contribution in [0.15, 0.2) is 18.2 Å². The Morgan fingerprint density at radius 1 is 1.35 bits per heavy atom. The number of halogens is 2. The minimum absolute atomic E-state index is 0.0929. The van der Waals surface area contributed by atoms with Gasteiger partial charge in [-0.05, 0) is 45.9 Å². The molecule has 1 aromatic carbocycles. The predicted molar refractivity (Wildman–Crippen MR) is 69.3 cm³/mol. The van der Waals surface area contributed by atoms with Crippen LogP contribution in [-0.4, -0.2) is 18.7 Å². The van der Waals surface area contributed by atoms with Gasteiger partial charge in [0.2, 0.25) is 0 Å². The standard InChI is InChI=1S/C13H19ClFNO/c1-13(2,3)16-7-4-8-17-10-5-6-12(15)11(14)9-10/h5-6,9,16H,4,7-8H2,1-3H3. The molecule has 17 heavy (non-hydrogen) atoms. The molecule has 0 aromatic heterocycles. The Morgan fingerprint density at radius 3 is 2.65 bits per heavy atom. The Labute approximate surface area is 107 Å². The van der Waals surface area contributed by atoms with Crippen LogP contribution >= 0.6 is 11.6 Å². The van der Waals surface area contributed by atoms with Crippen molar-refractivity contribution >= 4 is 11.6 Å². The number of rotatable bonds is 5. The van der Waals surface area contributed by atoms with Crippen LogP contribution in [0, 0.1) is 5.82 Å². The molecule has 0 aliphatic heterocycles. The third kappa shape index (κ3) is 5.89. The van der Waals surface area contributed by atoms with Gasteiger partial charge >= 0.3 is 0 Å². The van der Waals surface area contributed by atoms with Crippen LogP contribution in [0.4, 0.5) is 4.39 Å². The lowest BCUT2D eigenvalue weighted by atomic mass is 10.1. The Bertz CT molecular complexity index is 363. The minimum atomic E-state index is -0.423. The maximum atomic E-state index is 12.9. The second-order valence-corrected chi connectivity index (χ2v) is 5.36. The highest BCUT2D eigenvalue weighted by Gasteiger charge is 2.07. The van der Waals surface area contributed by atoms with Gasteiger partial charge in [-0.1, -0.05) is 11.6 Å². The number of nitrogens with one attached hydrogen (secondary N) is 1. The Morgan fingerprint density at radius 2 is 2.06 bits per heavy atom. The van der Waals surface area contributed by atoms with Crippen molar-refractivity contribution in [1.29, 1.82) is 0 Å². The molecule has 0 unspecified atom stereocenters. The highest BCUT2D eigenvalue weighted by atomic mass is 35.5. The van der Waals surface area contributed by atoms with Gasteiger partial charge in [0.15, 0.2) is 0 Å². The normalized spacial score (nSPS) is 11.6. The third-order valence-corrected chi connectivity index (χ3v) is 2.43. The van der Waals surface area contributed by atoms with Crippen molar-refractivity contribution in [2.75, 3.05) is 13.2 Å². The average molecular weight is 260 g/mol. The van der Waals surface area contributed by atoms with Crippen molar-refractivity contribution in [3.05, 3.63) is 29.0 Å². The maximum absolute atomic E-state index is 12.9. The summed E-state index contributed by atoms with van der Waals surface area (Å²) in [6.45, 7) is 7.83. The molecule has 4 heteroatoms. The monoisotopic (exact) mass is 259 g/mol. The summed E-state index contributed by atoms with van der Waals surface area (Å²) in [6, 6.07) is 4.39. The Kier molecular flexibility index (Phi) is 5.22. The van der Waals surface area contributed by atoms with Gasteiger partial charge in [0.05, 0.1) is 11.6 Å². The van der Waals surface area contributed by atoms with E-state index in [1.807, 2.05) is 0 Å². The summed E-state index contributed by atoms with van der Waals surface area (Å²) in [5.74, 6) is 0.181. The van der Waals surface area contributed by atoms with Gasteiger partial charge in [-0.3, -0.25) is 0 Å². The molecule has 0 radical (unpaired) electrons. The van der Waals surface area contributed by atoms with Crippen molar-refractivity contribution in [2.24, 2.45) is 0 Å². The fourth-order valence-electron chi connectivity index (χ4n) is 1.29. The fourth-order valence-corrected chi connectivity index (χ4v) is 1.46. The van der Waals surface area contributed by atoms with Crippen LogP contribution in [0.25, 0.3) is 0 Å². The van der Waals surface area contributed by atoms with Crippen LogP contribution < -0.4 is 10.1 Å². The van der Waals surface area contributed by atoms with Gasteiger partial charge in [0.25, 0.3) is 0 Å². The molecule has 0 bridgehead atoms. The van der Waals surface area contributed by atoms with Crippen molar-refractivity contribution in [3.63, 3.8) is 0 Å². The molecule has 96 valence electrons. The zero-order chi connectivity index (χ0) is 12.9. The van der Waals surface area contributed by atoms with Gasteiger partial charge in [0.1, 0.15) is 11.6 Å². The maximum Gasteiger partial charge on any atom is 0.142 e. The first kappa shape index (κ1) is 14.3. The van der Waals surface area contributed by atoms with Gasteiger partial charge in [-0.2, -0.15) is 0 Å². The second-order valence-electron chi connectivity index (χ2n) is 4.95. The Hall–Kier alpha value is -0.800. The molecule has 1 aromatic rings. The van der Waals surface area contributed by atoms with E-state index in [0.29, 0.717) is 12.4 Å². The second kappa shape index (κ2) is 6.22. The lowest BCUT2D eigenvalue weighted by molar-refractivity contribution is 0.298. The van der Waals surface area contributed by atoms with Gasteiger partial charge in [0, 0.05) is 11.6 Å². The number of hydrogen-bond acceptors (Lipinski definition) is 2. The van der Waals surface area contributed by atoms with E-state index in [-0.39, 0.29) is 10.6 Å². The van der Waals surface area contributed by atoms with Gasteiger partial charge < -0.3 is 10.1 Å². The summed E-state index contributed by atoms with van der Waals surface area (Å²) >= 11 is 5.65. The molecular formula is C13H19ClFNO. The molecule has 1 N–H and O–H groups in total. The van der Waals surface area contributed by atoms with Crippen molar-refractivity contribution < 1.29 is 9.13 Å². The molecule has 0 fully saturated rings. The largest absolute Gasteiger partial charge is 0.493 e. The zero-order valence-electron chi connectivity index (χ0n) is 10.5. The molecule has 0 heterocycles. The molecular weight excluding hydrogens is 241 g/mol. The van der Waals surface area contributed by atoms with Crippen molar-refractivity contribution in [3.8, 4) is 5.75 Å². The first-order valence-corrected chi connectivity index (χ1v) is 6.09. The molecule has 1 rings (SSSR count). The zero-order valence-corrected chi connectivity index (χ0v) is 11.3. The number of ether oxygens (including phenoxy) is 1. The molecule has 0 atom stereocenters. The van der Waals surface area contributed by atoms with E-state index in [1.54, 1.807) is 6.07 Å². The molecule has 0 saturated carbocycles. The molecule has 0 aliphatic rings. The van der Waals surface area contributed by atoms with E-state index >= 15 is 0 Å². The van der Waals surface area contributed by atoms with E-state index in [1.165, 1.54) is 12.1 Å². The SMILES string of the molecule is CC(C)(C)NCCCOc1ccc(F)c(Cl)c1. The summed E-state index contributed by atoms with van der Waals surface area (Å²) < 4.78 is 18.3. The van der Waals surface area contributed by atoms with Crippen molar-refractivity contribution in [2.45, 2.75) is 32.7 Å². The first-order valence-electron chi connectivity index (χ1n) is 5.71. The molecule has 0 amide bonds. The highest BCUT2D eigenvalue weighted by Crippen LogP contribution is 2.21. The summed E-state index contributed by atoms with van der Waals surface area (Å²) in [6.07, 6.45) is 0.895. The van der Waals surface area contributed by atoms with Crippen LogP contribution in [0.5, 0.6) is 5.75 Å². The summed E-state index contributed by atoms with van der Waals surface area (Å²) in [5.41, 5.74) is 0.124. The van der Waals surface area contributed by atoms with Gasteiger partial charge in [-0.25, -0.2) is 4.39 Å². The van der Waals surface area contributed by atoms with E-state index in [0.717, 1.165) is 13.0 Å². The molecule has 0 aliphatic carbocycles. The minimum Gasteiger partial charge on any atom is -0.493 e. The fraction of sp³-hybridized carbons (Fsp3) is 0.538. The van der Waals surface area contributed by atoms with Crippen LogP contribution in [-0.2, 0) is 0 Å². The van der Waals surface area contributed by atoms with Crippen LogP contribution in [0.2, 0.25) is 5.02 Å². The molecule has 0 spiro atoms. The van der Waals surface area contributed by atoms with Crippen LogP contribution in [0.1, 0.15) is 27.2 Å². The van der Waals surface area contributed by atoms with E-state index in [4.69, 9.17) is 16.3 Å². The smallest absolute Gasteiger partial charge is 0.142 e. The van der Waals surface area contributed by atoms with E-state index < -0.39 is 5.82 Å². The molecule has 0 saturated heterocycles. The first-order chi connectivity index (χ1) is 7.88. The average Bonchev–Trinajstić information content (AvgIpc) is 2.21. The van der Waals surface area contributed by atoms with E-state index in [2.05, 4.69) is 26.1 Å². The summed E-state index contributed by atoms with van der Waals surface area (Å²) in [5, 5.41) is 3.46. The number of hydrogen-bond donors (Lipinski definition) is 1. The Balaban J connectivity index is 2.25. The van der Waals surface area contributed by atoms with Crippen molar-refractivity contribution in [1.82, 2.24) is 5.32 Å². The summed E-state index contributed by atoms with van der Waals surface area (Å²) in [7, 11) is 0. The lowest BCUT2D eigenvalue weighted by Crippen LogP contribution is -2.36. The highest BCUT2D eigenvalue weighted by molar-refractivity contribution is 6.30. The topological polar surface area (TPSA) is 21.3 Å². The summed E-state index contributed by atoms with van der Waals surface area (Å²) in [4.78, 5) is 0. The van der Waals surface area contributed by atoms with Gasteiger partial charge in [-0.15, -0.1) is 0 Å².